The number of benzene rings is 1. The molecule has 6 heteroatoms. The van der Waals surface area contributed by atoms with Crippen molar-refractivity contribution in [2.75, 3.05) is 0 Å². The molecule has 0 fully saturated rings. The molecule has 0 saturated heterocycles. The molecule has 0 amide bonds. The Morgan fingerprint density at radius 2 is 2.06 bits per heavy atom. The largest absolute Gasteiger partial charge is 0.416 e. The summed E-state index contributed by atoms with van der Waals surface area (Å²) in [5.41, 5.74) is -0.237. The first-order valence-corrected chi connectivity index (χ1v) is 4.45. The Morgan fingerprint density at radius 1 is 1.38 bits per heavy atom. The first-order chi connectivity index (χ1) is 7.39. The number of rotatable bonds is 0. The van der Waals surface area contributed by atoms with Crippen LogP contribution in [-0.4, -0.2) is 15.5 Å². The van der Waals surface area contributed by atoms with E-state index in [4.69, 9.17) is 0 Å². The Labute approximate surface area is 88.5 Å². The fourth-order valence-corrected chi connectivity index (χ4v) is 1.44. The molecule has 0 bridgehead atoms. The van der Waals surface area contributed by atoms with Crippen molar-refractivity contribution in [3.8, 4) is 0 Å². The molecule has 1 heterocycles. The standard InChI is InChI=1S/C10H7F3N2O/c1-6(16)15-5-14-8-4-7(10(11,12)13)2-3-9(8)15/h2-5H,1H3. The SMILES string of the molecule is CC(=O)n1cnc2cc(C(F)(F)F)ccc21. The van der Waals surface area contributed by atoms with Crippen molar-refractivity contribution in [3.63, 3.8) is 0 Å². The number of carbonyl (C=O) groups excluding carboxylic acids is 1. The molecule has 0 unspecified atom stereocenters. The maximum absolute atomic E-state index is 12.4. The molecule has 1 aromatic heterocycles. The third-order valence-electron chi connectivity index (χ3n) is 2.21. The second-order valence-electron chi connectivity index (χ2n) is 3.33. The highest BCUT2D eigenvalue weighted by Crippen LogP contribution is 2.30. The van der Waals surface area contributed by atoms with Gasteiger partial charge in [0, 0.05) is 6.92 Å². The molecular weight excluding hydrogens is 221 g/mol. The zero-order chi connectivity index (χ0) is 11.9. The highest BCUT2D eigenvalue weighted by Gasteiger charge is 2.30. The predicted octanol–water partition coefficient (Wildman–Crippen LogP) is 2.72. The summed E-state index contributed by atoms with van der Waals surface area (Å²) in [6.45, 7) is 1.32. The van der Waals surface area contributed by atoms with E-state index in [9.17, 15) is 18.0 Å². The van der Waals surface area contributed by atoms with Gasteiger partial charge in [0.2, 0.25) is 5.91 Å². The molecule has 1 aromatic carbocycles. The van der Waals surface area contributed by atoms with Gasteiger partial charge in [-0.15, -0.1) is 0 Å². The van der Waals surface area contributed by atoms with E-state index in [1.807, 2.05) is 0 Å². The number of fused-ring (bicyclic) bond motifs is 1. The van der Waals surface area contributed by atoms with Crippen molar-refractivity contribution in [1.29, 1.82) is 0 Å². The van der Waals surface area contributed by atoms with E-state index >= 15 is 0 Å². The number of alkyl halides is 3. The van der Waals surface area contributed by atoms with Crippen LogP contribution < -0.4 is 0 Å². The van der Waals surface area contributed by atoms with Crippen molar-refractivity contribution in [3.05, 3.63) is 30.1 Å². The molecule has 0 aliphatic heterocycles. The van der Waals surface area contributed by atoms with Crippen LogP contribution in [0.4, 0.5) is 13.2 Å². The van der Waals surface area contributed by atoms with Crippen molar-refractivity contribution < 1.29 is 18.0 Å². The fraction of sp³-hybridized carbons (Fsp3) is 0.200. The molecule has 0 atom stereocenters. The van der Waals surface area contributed by atoms with Crippen LogP contribution in [0.3, 0.4) is 0 Å². The average Bonchev–Trinajstić information content (AvgIpc) is 2.58. The maximum atomic E-state index is 12.4. The normalized spacial score (nSPS) is 12.0. The second-order valence-corrected chi connectivity index (χ2v) is 3.33. The molecule has 0 radical (unpaired) electrons. The Bertz CT molecular complexity index is 557. The fourth-order valence-electron chi connectivity index (χ4n) is 1.44. The molecule has 2 aromatic rings. The van der Waals surface area contributed by atoms with Crippen molar-refractivity contribution >= 4 is 16.9 Å². The van der Waals surface area contributed by atoms with Crippen LogP contribution >= 0.6 is 0 Å². The maximum Gasteiger partial charge on any atom is 0.416 e. The highest BCUT2D eigenvalue weighted by atomic mass is 19.4. The van der Waals surface area contributed by atoms with E-state index in [0.29, 0.717) is 5.52 Å². The van der Waals surface area contributed by atoms with Gasteiger partial charge < -0.3 is 0 Å². The molecule has 84 valence electrons. The smallest absolute Gasteiger partial charge is 0.274 e. The summed E-state index contributed by atoms with van der Waals surface area (Å²) >= 11 is 0. The number of halogens is 3. The van der Waals surface area contributed by atoms with E-state index in [2.05, 4.69) is 4.98 Å². The number of aromatic nitrogens is 2. The highest BCUT2D eigenvalue weighted by molar-refractivity contribution is 5.89. The summed E-state index contributed by atoms with van der Waals surface area (Å²) in [6.07, 6.45) is -3.18. The van der Waals surface area contributed by atoms with E-state index in [1.54, 1.807) is 0 Å². The number of hydrogen-bond donors (Lipinski definition) is 0. The Kier molecular flexibility index (Phi) is 2.22. The minimum absolute atomic E-state index is 0.157. The molecule has 2 rings (SSSR count). The second kappa shape index (κ2) is 3.33. The van der Waals surface area contributed by atoms with Crippen LogP contribution in [0.5, 0.6) is 0 Å². The molecule has 0 aliphatic carbocycles. The molecule has 0 N–H and O–H groups in total. The van der Waals surface area contributed by atoms with Crippen LogP contribution in [0.15, 0.2) is 24.5 Å². The lowest BCUT2D eigenvalue weighted by Crippen LogP contribution is -2.05. The molecule has 0 spiro atoms. The third kappa shape index (κ3) is 1.66. The lowest BCUT2D eigenvalue weighted by Gasteiger charge is -2.05. The first kappa shape index (κ1) is 10.7. The van der Waals surface area contributed by atoms with Crippen LogP contribution in [0, 0.1) is 0 Å². The number of hydrogen-bond acceptors (Lipinski definition) is 2. The van der Waals surface area contributed by atoms with Crippen molar-refractivity contribution in [2.24, 2.45) is 0 Å². The zero-order valence-electron chi connectivity index (χ0n) is 8.25. The van der Waals surface area contributed by atoms with Gasteiger partial charge in [0.05, 0.1) is 16.6 Å². The number of imidazole rings is 1. The monoisotopic (exact) mass is 228 g/mol. The summed E-state index contributed by atoms with van der Waals surface area (Å²) < 4.78 is 38.3. The van der Waals surface area contributed by atoms with Gasteiger partial charge in [0.1, 0.15) is 6.33 Å². The third-order valence-corrected chi connectivity index (χ3v) is 2.21. The van der Waals surface area contributed by atoms with Crippen LogP contribution in [0.1, 0.15) is 17.3 Å². The van der Waals surface area contributed by atoms with Gasteiger partial charge in [0.25, 0.3) is 0 Å². The molecule has 0 aliphatic rings. The quantitative estimate of drug-likeness (QED) is 0.694. The molecule has 0 saturated carbocycles. The van der Waals surface area contributed by atoms with Crippen molar-refractivity contribution in [2.45, 2.75) is 13.1 Å². The van der Waals surface area contributed by atoms with Gasteiger partial charge in [0.15, 0.2) is 0 Å². The van der Waals surface area contributed by atoms with E-state index in [-0.39, 0.29) is 11.4 Å². The summed E-state index contributed by atoms with van der Waals surface area (Å²) in [5, 5.41) is 0. The van der Waals surface area contributed by atoms with Crippen LogP contribution in [0.25, 0.3) is 11.0 Å². The van der Waals surface area contributed by atoms with Gasteiger partial charge in [-0.3, -0.25) is 9.36 Å². The minimum atomic E-state index is -4.39. The Morgan fingerprint density at radius 3 is 2.62 bits per heavy atom. The number of carbonyl (C=O) groups is 1. The van der Waals surface area contributed by atoms with E-state index < -0.39 is 11.7 Å². The molecule has 16 heavy (non-hydrogen) atoms. The van der Waals surface area contributed by atoms with Gasteiger partial charge in [-0.1, -0.05) is 0 Å². The first-order valence-electron chi connectivity index (χ1n) is 4.45. The predicted molar refractivity (Wildman–Crippen MR) is 51.0 cm³/mol. The molecule has 3 nitrogen and oxygen atoms in total. The van der Waals surface area contributed by atoms with Gasteiger partial charge in [-0.25, -0.2) is 4.98 Å². The minimum Gasteiger partial charge on any atom is -0.274 e. The van der Waals surface area contributed by atoms with Crippen LogP contribution in [-0.2, 0) is 6.18 Å². The average molecular weight is 228 g/mol. The topological polar surface area (TPSA) is 34.9 Å². The van der Waals surface area contributed by atoms with E-state index in [0.717, 1.165) is 12.1 Å². The number of nitrogens with zero attached hydrogens (tertiary/aromatic N) is 2. The van der Waals surface area contributed by atoms with Crippen LogP contribution in [0.2, 0.25) is 0 Å². The summed E-state index contributed by atoms with van der Waals surface area (Å²) in [5.74, 6) is -0.290. The summed E-state index contributed by atoms with van der Waals surface area (Å²) in [4.78, 5) is 14.9. The van der Waals surface area contributed by atoms with E-state index in [1.165, 1.54) is 23.9 Å². The lowest BCUT2D eigenvalue weighted by atomic mass is 10.2. The summed E-state index contributed by atoms with van der Waals surface area (Å²) in [7, 11) is 0. The Hall–Kier alpha value is -1.85. The lowest BCUT2D eigenvalue weighted by molar-refractivity contribution is -0.137. The van der Waals surface area contributed by atoms with Gasteiger partial charge in [-0.2, -0.15) is 13.2 Å². The molecular formula is C10H7F3N2O. The Balaban J connectivity index is 2.62. The van der Waals surface area contributed by atoms with Crippen molar-refractivity contribution in [1.82, 2.24) is 9.55 Å². The zero-order valence-corrected chi connectivity index (χ0v) is 8.25. The van der Waals surface area contributed by atoms with Gasteiger partial charge in [-0.05, 0) is 18.2 Å². The summed E-state index contributed by atoms with van der Waals surface area (Å²) in [6, 6.07) is 3.10. The van der Waals surface area contributed by atoms with Gasteiger partial charge >= 0.3 is 6.18 Å².